The van der Waals surface area contributed by atoms with Gasteiger partial charge in [-0.15, -0.1) is 11.3 Å². The Hall–Kier alpha value is -0.430. The average molecular weight is 289 g/mol. The molecule has 1 saturated carbocycles. The third-order valence-corrected chi connectivity index (χ3v) is 6.03. The van der Waals surface area contributed by atoms with Crippen LogP contribution in [0.2, 0.25) is 0 Å². The van der Waals surface area contributed by atoms with Gasteiger partial charge in [0.05, 0.1) is 10.5 Å². The van der Waals surface area contributed by atoms with Gasteiger partial charge in [-0.05, 0) is 32.8 Å². The van der Waals surface area contributed by atoms with Crippen molar-refractivity contribution in [3.8, 4) is 0 Å². The van der Waals surface area contributed by atoms with Gasteiger partial charge in [0.15, 0.2) is 0 Å². The van der Waals surface area contributed by atoms with Gasteiger partial charge in [-0.25, -0.2) is 13.1 Å². The highest BCUT2D eigenvalue weighted by Crippen LogP contribution is 2.30. The fraction of sp³-hybridized carbons (Fsp3) is 0.667. The predicted octanol–water partition coefficient (Wildman–Crippen LogP) is 1.95. The van der Waals surface area contributed by atoms with Crippen molar-refractivity contribution >= 4 is 21.4 Å². The molecule has 2 rings (SSSR count). The fourth-order valence-corrected chi connectivity index (χ4v) is 5.06. The van der Waals surface area contributed by atoms with Crippen LogP contribution in [-0.4, -0.2) is 25.7 Å². The van der Waals surface area contributed by atoms with E-state index in [9.17, 15) is 13.5 Å². The van der Waals surface area contributed by atoms with Crippen LogP contribution in [0.5, 0.6) is 0 Å². The minimum Gasteiger partial charge on any atom is -0.389 e. The Kier molecular flexibility index (Phi) is 3.82. The van der Waals surface area contributed by atoms with Crippen LogP contribution >= 0.6 is 11.3 Å². The van der Waals surface area contributed by atoms with E-state index in [4.69, 9.17) is 0 Å². The van der Waals surface area contributed by atoms with Gasteiger partial charge in [0.2, 0.25) is 10.0 Å². The molecule has 0 bridgehead atoms. The van der Waals surface area contributed by atoms with Crippen molar-refractivity contribution in [3.63, 3.8) is 0 Å². The molecule has 6 heteroatoms. The van der Waals surface area contributed by atoms with E-state index in [1.807, 2.05) is 6.92 Å². The molecule has 1 heterocycles. The summed E-state index contributed by atoms with van der Waals surface area (Å²) in [7, 11) is -3.50. The molecule has 102 valence electrons. The second-order valence-corrected chi connectivity index (χ2v) is 8.23. The molecular formula is C12H19NO3S2. The van der Waals surface area contributed by atoms with Crippen molar-refractivity contribution in [2.24, 2.45) is 0 Å². The van der Waals surface area contributed by atoms with E-state index < -0.39 is 15.6 Å². The molecule has 0 aliphatic heterocycles. The molecule has 0 spiro atoms. The molecule has 0 amide bonds. The van der Waals surface area contributed by atoms with Crippen LogP contribution in [0.4, 0.5) is 0 Å². The summed E-state index contributed by atoms with van der Waals surface area (Å²) in [6.07, 6.45) is 3.29. The maximum absolute atomic E-state index is 12.1. The number of hydrogen-bond donors (Lipinski definition) is 2. The first-order valence-electron chi connectivity index (χ1n) is 6.12. The molecule has 1 aromatic rings. The lowest BCUT2D eigenvalue weighted by Gasteiger charge is -2.22. The van der Waals surface area contributed by atoms with Gasteiger partial charge in [-0.3, -0.25) is 0 Å². The van der Waals surface area contributed by atoms with Crippen LogP contribution in [-0.2, 0) is 10.0 Å². The number of hydrogen-bond acceptors (Lipinski definition) is 4. The molecule has 0 atom stereocenters. The summed E-state index contributed by atoms with van der Waals surface area (Å²) in [5, 5.41) is 10.2. The lowest BCUT2D eigenvalue weighted by molar-refractivity contribution is 0.0532. The Bertz CT molecular complexity index is 528. The van der Waals surface area contributed by atoms with Crippen LogP contribution in [0.3, 0.4) is 0 Å². The van der Waals surface area contributed by atoms with Gasteiger partial charge >= 0.3 is 0 Å². The molecule has 1 aromatic heterocycles. The zero-order valence-electron chi connectivity index (χ0n) is 10.7. The SMILES string of the molecule is Cc1cc(S(=O)(=O)NCC2(O)CCCC2)c(C)s1. The van der Waals surface area contributed by atoms with Gasteiger partial charge in [0.25, 0.3) is 0 Å². The fourth-order valence-electron chi connectivity index (χ4n) is 2.39. The molecule has 1 aliphatic rings. The van der Waals surface area contributed by atoms with E-state index in [1.54, 1.807) is 13.0 Å². The van der Waals surface area contributed by atoms with Gasteiger partial charge in [0.1, 0.15) is 0 Å². The van der Waals surface area contributed by atoms with Crippen LogP contribution in [0.25, 0.3) is 0 Å². The molecule has 1 aliphatic carbocycles. The molecule has 0 saturated heterocycles. The van der Waals surface area contributed by atoms with Gasteiger partial charge in [0, 0.05) is 16.3 Å². The highest BCUT2D eigenvalue weighted by atomic mass is 32.2. The molecule has 0 aromatic carbocycles. The number of sulfonamides is 1. The smallest absolute Gasteiger partial charge is 0.241 e. The maximum atomic E-state index is 12.1. The molecule has 0 unspecified atom stereocenters. The zero-order valence-corrected chi connectivity index (χ0v) is 12.3. The van der Waals surface area contributed by atoms with Crippen LogP contribution in [0.1, 0.15) is 35.4 Å². The summed E-state index contributed by atoms with van der Waals surface area (Å²) in [6.45, 7) is 3.81. The summed E-state index contributed by atoms with van der Waals surface area (Å²) in [4.78, 5) is 2.11. The standard InChI is InChI=1S/C12H19NO3S2/c1-9-7-11(10(2)17-9)18(15,16)13-8-12(14)5-3-4-6-12/h7,13-14H,3-6,8H2,1-2H3. The van der Waals surface area contributed by atoms with E-state index >= 15 is 0 Å². The summed E-state index contributed by atoms with van der Waals surface area (Å²) >= 11 is 1.47. The topological polar surface area (TPSA) is 66.4 Å². The highest BCUT2D eigenvalue weighted by molar-refractivity contribution is 7.89. The molecule has 4 nitrogen and oxygen atoms in total. The minimum atomic E-state index is -3.50. The first-order valence-corrected chi connectivity index (χ1v) is 8.41. The number of nitrogens with one attached hydrogen (secondary N) is 1. The Labute approximate surface area is 112 Å². The van der Waals surface area contributed by atoms with Gasteiger partial charge in [-0.1, -0.05) is 12.8 Å². The van der Waals surface area contributed by atoms with Crippen molar-refractivity contribution in [3.05, 3.63) is 15.8 Å². The van der Waals surface area contributed by atoms with E-state index in [-0.39, 0.29) is 6.54 Å². The molecular weight excluding hydrogens is 270 g/mol. The second-order valence-electron chi connectivity index (χ2n) is 5.03. The third-order valence-electron chi connectivity index (χ3n) is 3.41. The second kappa shape index (κ2) is 4.92. The summed E-state index contributed by atoms with van der Waals surface area (Å²) in [5.74, 6) is 0. The van der Waals surface area contributed by atoms with Crippen molar-refractivity contribution in [2.45, 2.75) is 50.0 Å². The van der Waals surface area contributed by atoms with Crippen molar-refractivity contribution < 1.29 is 13.5 Å². The Morgan fingerprint density at radius 1 is 1.39 bits per heavy atom. The van der Waals surface area contributed by atoms with Crippen LogP contribution in [0, 0.1) is 13.8 Å². The van der Waals surface area contributed by atoms with Crippen LogP contribution in [0.15, 0.2) is 11.0 Å². The Balaban J connectivity index is 2.10. The van der Waals surface area contributed by atoms with Gasteiger partial charge in [-0.2, -0.15) is 0 Å². The van der Waals surface area contributed by atoms with Crippen molar-refractivity contribution in [1.29, 1.82) is 0 Å². The quantitative estimate of drug-likeness (QED) is 0.890. The van der Waals surface area contributed by atoms with E-state index in [1.165, 1.54) is 11.3 Å². The van der Waals surface area contributed by atoms with Crippen molar-refractivity contribution in [1.82, 2.24) is 4.72 Å². The monoisotopic (exact) mass is 289 g/mol. The number of rotatable bonds is 4. The Morgan fingerprint density at radius 3 is 2.50 bits per heavy atom. The lowest BCUT2D eigenvalue weighted by atomic mass is 10.0. The number of aryl methyl sites for hydroxylation is 2. The normalized spacial score (nSPS) is 19.3. The Morgan fingerprint density at radius 2 is 2.00 bits per heavy atom. The van der Waals surface area contributed by atoms with Gasteiger partial charge < -0.3 is 5.11 Å². The minimum absolute atomic E-state index is 0.115. The third kappa shape index (κ3) is 2.93. The lowest BCUT2D eigenvalue weighted by Crippen LogP contribution is -2.40. The molecule has 2 N–H and O–H groups in total. The first-order chi connectivity index (χ1) is 8.32. The van der Waals surface area contributed by atoms with Crippen molar-refractivity contribution in [2.75, 3.05) is 6.54 Å². The number of thiophene rings is 1. The molecule has 0 radical (unpaired) electrons. The largest absolute Gasteiger partial charge is 0.389 e. The summed E-state index contributed by atoms with van der Waals surface area (Å²) in [6, 6.07) is 1.68. The zero-order chi connectivity index (χ0) is 13.4. The van der Waals surface area contributed by atoms with E-state index in [2.05, 4.69) is 4.72 Å². The highest BCUT2D eigenvalue weighted by Gasteiger charge is 2.33. The summed E-state index contributed by atoms with van der Waals surface area (Å²) < 4.78 is 26.8. The maximum Gasteiger partial charge on any atom is 0.241 e. The van der Waals surface area contributed by atoms with E-state index in [0.717, 1.165) is 22.6 Å². The summed E-state index contributed by atoms with van der Waals surface area (Å²) in [5.41, 5.74) is -0.855. The van der Waals surface area contributed by atoms with E-state index in [0.29, 0.717) is 17.7 Å². The number of aliphatic hydroxyl groups is 1. The predicted molar refractivity (Wildman–Crippen MR) is 72.4 cm³/mol. The molecule has 1 fully saturated rings. The first kappa shape index (κ1) is 14.0. The average Bonchev–Trinajstić information content (AvgIpc) is 2.84. The van der Waals surface area contributed by atoms with Crippen LogP contribution < -0.4 is 4.72 Å². The molecule has 18 heavy (non-hydrogen) atoms.